The van der Waals surface area contributed by atoms with Gasteiger partial charge in [0.25, 0.3) is 5.91 Å². The first-order valence-electron chi connectivity index (χ1n) is 7.09. The van der Waals surface area contributed by atoms with E-state index in [4.69, 9.17) is 9.47 Å². The largest absolute Gasteiger partial charge is 0.497 e. The molecule has 0 radical (unpaired) electrons. The molecule has 1 atom stereocenters. The Balaban J connectivity index is 1.92. The Morgan fingerprint density at radius 3 is 2.70 bits per heavy atom. The van der Waals surface area contributed by atoms with E-state index < -0.39 is 6.10 Å². The first-order chi connectivity index (χ1) is 11.0. The Hall–Kier alpha value is -1.80. The Morgan fingerprint density at radius 1 is 1.26 bits per heavy atom. The third kappa shape index (κ3) is 5.40. The Morgan fingerprint density at radius 2 is 2.00 bits per heavy atom. The number of carbonyl (C=O) groups is 1. The highest BCUT2D eigenvalue weighted by Crippen LogP contribution is 2.28. The molecule has 6 nitrogen and oxygen atoms in total. The Labute approximate surface area is 143 Å². The molecular formula is C15H19N3O3S2. The van der Waals surface area contributed by atoms with Crippen molar-refractivity contribution in [2.24, 2.45) is 0 Å². The minimum atomic E-state index is -0.660. The smallest absolute Gasteiger partial charge is 0.266 e. The Kier molecular flexibility index (Phi) is 6.23. The molecule has 0 aliphatic heterocycles. The van der Waals surface area contributed by atoms with Crippen LogP contribution in [0.3, 0.4) is 0 Å². The molecule has 2 aromatic rings. The molecule has 8 heteroatoms. The summed E-state index contributed by atoms with van der Waals surface area (Å²) >= 11 is 2.96. The van der Waals surface area contributed by atoms with Crippen LogP contribution in [0, 0.1) is 0 Å². The molecule has 124 valence electrons. The fourth-order valence-corrected chi connectivity index (χ4v) is 3.63. The van der Waals surface area contributed by atoms with Crippen LogP contribution in [0.15, 0.2) is 28.6 Å². The summed E-state index contributed by atoms with van der Waals surface area (Å²) < 4.78 is 11.6. The molecule has 0 aliphatic carbocycles. The highest BCUT2D eigenvalue weighted by molar-refractivity contribution is 8.01. The molecule has 0 saturated heterocycles. The average molecular weight is 353 g/mol. The predicted molar refractivity (Wildman–Crippen MR) is 92.6 cm³/mol. The molecule has 1 heterocycles. The minimum absolute atomic E-state index is 0.273. The summed E-state index contributed by atoms with van der Waals surface area (Å²) in [6.45, 7) is 5.84. The normalized spacial score (nSPS) is 12.0. The van der Waals surface area contributed by atoms with Gasteiger partial charge in [0.15, 0.2) is 10.4 Å². The number of hydrogen-bond acceptors (Lipinski definition) is 7. The van der Waals surface area contributed by atoms with Crippen molar-refractivity contribution in [3.63, 3.8) is 0 Å². The molecule has 23 heavy (non-hydrogen) atoms. The van der Waals surface area contributed by atoms with Gasteiger partial charge in [0.2, 0.25) is 5.13 Å². The molecule has 1 amide bonds. The van der Waals surface area contributed by atoms with Gasteiger partial charge in [-0.1, -0.05) is 43.0 Å². The van der Waals surface area contributed by atoms with E-state index in [-0.39, 0.29) is 5.91 Å². The van der Waals surface area contributed by atoms with Crippen LogP contribution in [0.5, 0.6) is 11.5 Å². The lowest BCUT2D eigenvalue weighted by Gasteiger charge is -2.14. The van der Waals surface area contributed by atoms with Gasteiger partial charge in [0.1, 0.15) is 11.5 Å². The van der Waals surface area contributed by atoms with E-state index >= 15 is 0 Å². The summed E-state index contributed by atoms with van der Waals surface area (Å²) in [6, 6.07) is 7.12. The van der Waals surface area contributed by atoms with Gasteiger partial charge in [-0.2, -0.15) is 0 Å². The molecule has 0 aliphatic rings. The van der Waals surface area contributed by atoms with E-state index in [2.05, 4.69) is 29.4 Å². The first-order valence-corrected chi connectivity index (χ1v) is 8.79. The number of amides is 1. The zero-order valence-electron chi connectivity index (χ0n) is 13.4. The van der Waals surface area contributed by atoms with Crippen LogP contribution in [0.1, 0.15) is 20.8 Å². The lowest BCUT2D eigenvalue weighted by atomic mass is 10.3. The number of benzene rings is 1. The van der Waals surface area contributed by atoms with E-state index in [1.165, 1.54) is 11.3 Å². The highest BCUT2D eigenvalue weighted by atomic mass is 32.2. The number of rotatable bonds is 7. The summed E-state index contributed by atoms with van der Waals surface area (Å²) in [5.74, 6) is 0.972. The van der Waals surface area contributed by atoms with E-state index in [1.54, 1.807) is 44.0 Å². The van der Waals surface area contributed by atoms with Gasteiger partial charge in [0, 0.05) is 11.3 Å². The number of carbonyl (C=O) groups excluding carboxylic acids is 1. The van der Waals surface area contributed by atoms with Crippen molar-refractivity contribution in [2.75, 3.05) is 12.4 Å². The molecule has 2 rings (SSSR count). The second kappa shape index (κ2) is 8.16. The van der Waals surface area contributed by atoms with Crippen molar-refractivity contribution >= 4 is 34.1 Å². The fraction of sp³-hybridized carbons (Fsp3) is 0.400. The summed E-state index contributed by atoms with van der Waals surface area (Å²) in [4.78, 5) is 12.2. The monoisotopic (exact) mass is 353 g/mol. The molecule has 1 aromatic heterocycles. The van der Waals surface area contributed by atoms with Crippen molar-refractivity contribution < 1.29 is 14.3 Å². The van der Waals surface area contributed by atoms with Crippen molar-refractivity contribution in [3.8, 4) is 11.5 Å². The van der Waals surface area contributed by atoms with Crippen LogP contribution < -0.4 is 14.8 Å². The zero-order chi connectivity index (χ0) is 16.8. The average Bonchev–Trinajstić information content (AvgIpc) is 2.93. The van der Waals surface area contributed by atoms with E-state index in [0.29, 0.717) is 21.9 Å². The molecule has 0 saturated carbocycles. The van der Waals surface area contributed by atoms with Crippen LogP contribution in [0.2, 0.25) is 0 Å². The van der Waals surface area contributed by atoms with Crippen molar-refractivity contribution in [1.82, 2.24) is 10.2 Å². The second-order valence-electron chi connectivity index (χ2n) is 4.97. The van der Waals surface area contributed by atoms with Crippen molar-refractivity contribution in [1.29, 1.82) is 0 Å². The topological polar surface area (TPSA) is 73.3 Å². The first kappa shape index (κ1) is 17.6. The van der Waals surface area contributed by atoms with Gasteiger partial charge in [-0.15, -0.1) is 10.2 Å². The van der Waals surface area contributed by atoms with Gasteiger partial charge in [0.05, 0.1) is 7.11 Å². The standard InChI is InChI=1S/C15H19N3O3S2/c1-9(2)22-15-18-17-14(23-15)16-13(19)10(3)21-12-7-5-6-11(8-12)20-4/h5-10H,1-4H3,(H,16,17,19)/t10-/m1/s1. The number of thioether (sulfide) groups is 1. The number of ether oxygens (including phenoxy) is 2. The van der Waals surface area contributed by atoms with Gasteiger partial charge in [-0.3, -0.25) is 10.1 Å². The molecular weight excluding hydrogens is 334 g/mol. The van der Waals surface area contributed by atoms with Crippen LogP contribution in [0.4, 0.5) is 5.13 Å². The van der Waals surface area contributed by atoms with Gasteiger partial charge in [-0.25, -0.2) is 0 Å². The van der Waals surface area contributed by atoms with Crippen LogP contribution in [-0.4, -0.2) is 34.6 Å². The number of methoxy groups -OCH3 is 1. The maximum atomic E-state index is 12.2. The summed E-state index contributed by atoms with van der Waals surface area (Å²) in [6.07, 6.45) is -0.660. The Bertz CT molecular complexity index is 661. The predicted octanol–water partition coefficient (Wildman–Crippen LogP) is 3.45. The molecule has 0 bridgehead atoms. The van der Waals surface area contributed by atoms with Crippen molar-refractivity contribution in [3.05, 3.63) is 24.3 Å². The third-order valence-corrected chi connectivity index (χ3v) is 4.62. The van der Waals surface area contributed by atoms with Crippen molar-refractivity contribution in [2.45, 2.75) is 36.5 Å². The molecule has 1 N–H and O–H groups in total. The van der Waals surface area contributed by atoms with Gasteiger partial charge in [-0.05, 0) is 19.1 Å². The van der Waals surface area contributed by atoms with E-state index in [1.807, 2.05) is 6.07 Å². The number of nitrogens with zero attached hydrogens (tertiary/aromatic N) is 2. The quantitative estimate of drug-likeness (QED) is 0.607. The number of aromatic nitrogens is 2. The summed E-state index contributed by atoms with van der Waals surface area (Å²) in [7, 11) is 1.58. The lowest BCUT2D eigenvalue weighted by molar-refractivity contribution is -0.122. The van der Waals surface area contributed by atoms with Crippen LogP contribution >= 0.6 is 23.1 Å². The van der Waals surface area contributed by atoms with Crippen LogP contribution in [-0.2, 0) is 4.79 Å². The third-order valence-electron chi connectivity index (χ3n) is 2.70. The van der Waals surface area contributed by atoms with Crippen LogP contribution in [0.25, 0.3) is 0 Å². The maximum Gasteiger partial charge on any atom is 0.266 e. The maximum absolute atomic E-state index is 12.2. The minimum Gasteiger partial charge on any atom is -0.497 e. The summed E-state index contributed by atoms with van der Waals surface area (Å²) in [5, 5.41) is 11.6. The fourth-order valence-electron chi connectivity index (χ4n) is 1.65. The summed E-state index contributed by atoms with van der Waals surface area (Å²) in [5.41, 5.74) is 0. The molecule has 1 aromatic carbocycles. The lowest BCUT2D eigenvalue weighted by Crippen LogP contribution is -2.30. The van der Waals surface area contributed by atoms with E-state index in [0.717, 1.165) is 4.34 Å². The molecule has 0 unspecified atom stereocenters. The number of hydrogen-bond donors (Lipinski definition) is 1. The second-order valence-corrected chi connectivity index (χ2v) is 7.77. The SMILES string of the molecule is COc1cccc(O[C@H](C)C(=O)Nc2nnc(SC(C)C)s2)c1. The number of nitrogens with one attached hydrogen (secondary N) is 1. The molecule has 0 fully saturated rings. The zero-order valence-corrected chi connectivity index (χ0v) is 15.0. The van der Waals surface area contributed by atoms with Gasteiger partial charge < -0.3 is 9.47 Å². The highest BCUT2D eigenvalue weighted by Gasteiger charge is 2.17. The molecule has 0 spiro atoms. The number of anilines is 1. The van der Waals surface area contributed by atoms with Gasteiger partial charge >= 0.3 is 0 Å². The van der Waals surface area contributed by atoms with E-state index in [9.17, 15) is 4.79 Å².